The molecule has 5 heteroatoms. The van der Waals surface area contributed by atoms with Gasteiger partial charge in [0.05, 0.1) is 6.20 Å². The van der Waals surface area contributed by atoms with E-state index in [0.717, 1.165) is 11.3 Å². The molecule has 0 aliphatic carbocycles. The van der Waals surface area contributed by atoms with Gasteiger partial charge in [0, 0.05) is 7.05 Å². The van der Waals surface area contributed by atoms with Crippen LogP contribution in [0.3, 0.4) is 0 Å². The van der Waals surface area contributed by atoms with Crippen LogP contribution in [0.15, 0.2) is 24.3 Å². The molecule has 0 aromatic carbocycles. The molecule has 0 saturated heterocycles. The Morgan fingerprint density at radius 3 is 2.86 bits per heavy atom. The predicted molar refractivity (Wildman–Crippen MR) is 60.9 cm³/mol. The topological polar surface area (TPSA) is 67.7 Å². The Morgan fingerprint density at radius 1 is 1.79 bits per heavy atom. The Balaban J connectivity index is 3.01. The van der Waals surface area contributed by atoms with Gasteiger partial charge in [-0.05, 0) is 6.08 Å². The van der Waals surface area contributed by atoms with E-state index in [2.05, 4.69) is 11.6 Å². The summed E-state index contributed by atoms with van der Waals surface area (Å²) in [4.78, 5) is 4.12. The van der Waals surface area contributed by atoms with Crippen LogP contribution in [0.4, 0.5) is 0 Å². The van der Waals surface area contributed by atoms with Gasteiger partial charge in [0.25, 0.3) is 0 Å². The van der Waals surface area contributed by atoms with E-state index in [1.807, 2.05) is 27.0 Å². The molecule has 1 aromatic rings. The fourth-order valence-corrected chi connectivity index (χ4v) is 1.05. The zero-order valence-corrected chi connectivity index (χ0v) is 8.41. The van der Waals surface area contributed by atoms with Crippen molar-refractivity contribution in [2.45, 2.75) is 0 Å². The Bertz CT molecular complexity index is 403. The largest absolute Gasteiger partial charge is 0.382 e. The summed E-state index contributed by atoms with van der Waals surface area (Å²) in [5.41, 5.74) is 6.94. The molecule has 14 heavy (non-hydrogen) atoms. The lowest BCUT2D eigenvalue weighted by Gasteiger charge is -2.00. The van der Waals surface area contributed by atoms with Crippen LogP contribution in [0.1, 0.15) is 11.5 Å². The highest BCUT2D eigenvalue weighted by Crippen LogP contribution is 2.04. The molecule has 0 unspecified atom stereocenters. The molecule has 0 radical (unpaired) electrons. The van der Waals surface area contributed by atoms with Crippen molar-refractivity contribution >= 4 is 19.8 Å². The van der Waals surface area contributed by atoms with Crippen molar-refractivity contribution in [3.63, 3.8) is 0 Å². The van der Waals surface area contributed by atoms with E-state index < -0.39 is 0 Å². The number of imidazole rings is 1. The van der Waals surface area contributed by atoms with Gasteiger partial charge in [-0.3, -0.25) is 5.41 Å². The summed E-state index contributed by atoms with van der Waals surface area (Å²) in [6.45, 7) is 3.75. The molecule has 1 heterocycles. The minimum Gasteiger partial charge on any atom is -0.382 e. The highest BCUT2D eigenvalue weighted by Gasteiger charge is 2.05. The first-order valence-corrected chi connectivity index (χ1v) is 4.22. The van der Waals surface area contributed by atoms with Crippen molar-refractivity contribution in [1.82, 2.24) is 9.55 Å². The number of nitrogens with zero attached hydrogens (tertiary/aromatic N) is 2. The molecule has 1 aromatic heterocycles. The van der Waals surface area contributed by atoms with Gasteiger partial charge in [-0.15, -0.1) is 6.58 Å². The van der Waals surface area contributed by atoms with Crippen LogP contribution >= 0.6 is 0 Å². The van der Waals surface area contributed by atoms with Crippen molar-refractivity contribution in [3.05, 3.63) is 35.8 Å². The van der Waals surface area contributed by atoms with Crippen molar-refractivity contribution in [2.24, 2.45) is 12.8 Å². The molecule has 4 nitrogen and oxygen atoms in total. The minimum atomic E-state index is 0.0231. The summed E-state index contributed by atoms with van der Waals surface area (Å²) in [6, 6.07) is 0. The lowest BCUT2D eigenvalue weighted by molar-refractivity contribution is 0.884. The third-order valence-electron chi connectivity index (χ3n) is 1.82. The minimum absolute atomic E-state index is 0.0231. The quantitative estimate of drug-likeness (QED) is 0.300. The Labute approximate surface area is 84.1 Å². The molecule has 3 N–H and O–H groups in total. The van der Waals surface area contributed by atoms with E-state index in [9.17, 15) is 0 Å². The van der Waals surface area contributed by atoms with Crippen molar-refractivity contribution in [3.8, 4) is 0 Å². The first kappa shape index (κ1) is 10.3. The van der Waals surface area contributed by atoms with Crippen molar-refractivity contribution in [2.75, 3.05) is 0 Å². The Hall–Kier alpha value is -1.78. The number of amidine groups is 1. The van der Waals surface area contributed by atoms with E-state index >= 15 is 0 Å². The third kappa shape index (κ3) is 2.13. The smallest absolute Gasteiger partial charge is 0.141 e. The fourth-order valence-electron chi connectivity index (χ4n) is 1.05. The number of aromatic nitrogens is 2. The van der Waals surface area contributed by atoms with Crippen LogP contribution in [0.2, 0.25) is 0 Å². The molecule has 72 valence electrons. The Morgan fingerprint density at radius 2 is 2.43 bits per heavy atom. The number of hydrogen-bond acceptors (Lipinski definition) is 2. The molecule has 0 aliphatic heterocycles. The summed E-state index contributed by atoms with van der Waals surface area (Å²) in [5.74, 6) is 0.785. The molecule has 1 rings (SSSR count). The lowest BCUT2D eigenvalue weighted by atomic mass is 9.98. The maximum Gasteiger partial charge on any atom is 0.141 e. The highest BCUT2D eigenvalue weighted by atomic mass is 15.1. The van der Waals surface area contributed by atoms with Crippen LogP contribution < -0.4 is 5.73 Å². The standard InChI is InChI=1S/C9H13BN4/c1-6(10)3-4-8-13-5-7(9(11)12)14(8)2/h3-5H,1,10H2,2H3,(H3,11,12)/b4-3-. The van der Waals surface area contributed by atoms with Gasteiger partial charge in [-0.25, -0.2) is 4.98 Å². The van der Waals surface area contributed by atoms with Crippen LogP contribution in [0.5, 0.6) is 0 Å². The fraction of sp³-hybridized carbons (Fsp3) is 0.111. The SMILES string of the molecule is BC(=C)/C=C\c1ncc(C(=N)N)n1C. The summed E-state index contributed by atoms with van der Waals surface area (Å²) in [7, 11) is 3.73. The summed E-state index contributed by atoms with van der Waals surface area (Å²) in [6.07, 6.45) is 5.29. The predicted octanol–water partition coefficient (Wildman–Crippen LogP) is -0.136. The number of nitrogens with two attached hydrogens (primary N) is 1. The summed E-state index contributed by atoms with van der Waals surface area (Å²) >= 11 is 0. The second-order valence-corrected chi connectivity index (χ2v) is 3.15. The van der Waals surface area contributed by atoms with Crippen molar-refractivity contribution < 1.29 is 0 Å². The summed E-state index contributed by atoms with van der Waals surface area (Å²) < 4.78 is 1.77. The van der Waals surface area contributed by atoms with Gasteiger partial charge >= 0.3 is 0 Å². The summed E-state index contributed by atoms with van der Waals surface area (Å²) in [5, 5.41) is 7.28. The molecule has 0 amide bonds. The van der Waals surface area contributed by atoms with E-state index in [1.165, 1.54) is 0 Å². The highest BCUT2D eigenvalue weighted by molar-refractivity contribution is 6.23. The first-order chi connectivity index (χ1) is 6.52. The van der Waals surface area contributed by atoms with Crippen molar-refractivity contribution in [1.29, 1.82) is 5.41 Å². The van der Waals surface area contributed by atoms with Crippen LogP contribution in [0, 0.1) is 5.41 Å². The van der Waals surface area contributed by atoms with Gasteiger partial charge in [0.2, 0.25) is 0 Å². The number of nitrogen functional groups attached to an aromatic ring is 1. The van der Waals surface area contributed by atoms with E-state index in [-0.39, 0.29) is 5.84 Å². The molecular formula is C9H13BN4. The molecule has 0 fully saturated rings. The zero-order valence-electron chi connectivity index (χ0n) is 8.41. The zero-order chi connectivity index (χ0) is 10.7. The van der Waals surface area contributed by atoms with Crippen LogP contribution in [0.25, 0.3) is 6.08 Å². The molecule has 0 spiro atoms. The molecule has 0 aliphatic rings. The monoisotopic (exact) mass is 188 g/mol. The number of rotatable bonds is 3. The van der Waals surface area contributed by atoms with Gasteiger partial charge < -0.3 is 10.3 Å². The van der Waals surface area contributed by atoms with Crippen LogP contribution in [-0.4, -0.2) is 23.2 Å². The lowest BCUT2D eigenvalue weighted by Crippen LogP contribution is -2.15. The third-order valence-corrected chi connectivity index (χ3v) is 1.82. The van der Waals surface area contributed by atoms with Gasteiger partial charge in [0.1, 0.15) is 25.2 Å². The van der Waals surface area contributed by atoms with Gasteiger partial charge in [-0.1, -0.05) is 11.5 Å². The normalized spacial score (nSPS) is 10.6. The van der Waals surface area contributed by atoms with Gasteiger partial charge in [0.15, 0.2) is 0 Å². The molecular weight excluding hydrogens is 175 g/mol. The second-order valence-electron chi connectivity index (χ2n) is 3.15. The average Bonchev–Trinajstić information content (AvgIpc) is 2.43. The van der Waals surface area contributed by atoms with E-state index in [1.54, 1.807) is 10.8 Å². The molecule has 0 bridgehead atoms. The van der Waals surface area contributed by atoms with E-state index in [4.69, 9.17) is 11.1 Å². The number of allylic oxidation sites excluding steroid dienone is 2. The first-order valence-electron chi connectivity index (χ1n) is 4.22. The molecule has 0 atom stereocenters. The number of hydrogen-bond donors (Lipinski definition) is 2. The Kier molecular flexibility index (Phi) is 2.91. The van der Waals surface area contributed by atoms with E-state index in [0.29, 0.717) is 5.69 Å². The molecule has 0 saturated carbocycles. The van der Waals surface area contributed by atoms with Crippen LogP contribution in [-0.2, 0) is 7.05 Å². The van der Waals surface area contributed by atoms with Gasteiger partial charge in [-0.2, -0.15) is 0 Å². The maximum atomic E-state index is 7.28. The second kappa shape index (κ2) is 3.96. The number of nitrogens with one attached hydrogen (secondary N) is 1. The maximum absolute atomic E-state index is 7.28. The average molecular weight is 188 g/mol.